The maximum atomic E-state index is 3.34. The molecule has 0 N–H and O–H groups in total. The molecular formula is C12H10PSe2-. The van der Waals surface area contributed by atoms with E-state index in [-0.39, 0.29) is 0 Å². The van der Waals surface area contributed by atoms with Crippen LogP contribution in [0.1, 0.15) is 0 Å². The van der Waals surface area contributed by atoms with Crippen molar-refractivity contribution in [2.45, 2.75) is 0 Å². The van der Waals surface area contributed by atoms with Gasteiger partial charge in [0.2, 0.25) is 0 Å². The second-order valence-corrected chi connectivity index (χ2v) is 15.8. The van der Waals surface area contributed by atoms with Gasteiger partial charge in [-0.05, 0) is 0 Å². The first kappa shape index (κ1) is 11.4. The fourth-order valence-electron chi connectivity index (χ4n) is 1.40. The molecule has 0 saturated carbocycles. The summed E-state index contributed by atoms with van der Waals surface area (Å²) in [5.74, 6) is 0. The summed E-state index contributed by atoms with van der Waals surface area (Å²) in [6.45, 7) is 0. The Morgan fingerprint density at radius 2 is 1.07 bits per heavy atom. The quantitative estimate of drug-likeness (QED) is 0.577. The van der Waals surface area contributed by atoms with Crippen molar-refractivity contribution in [1.82, 2.24) is 0 Å². The van der Waals surface area contributed by atoms with Gasteiger partial charge in [0.25, 0.3) is 0 Å². The predicted molar refractivity (Wildman–Crippen MR) is 70.6 cm³/mol. The van der Waals surface area contributed by atoms with E-state index in [9.17, 15) is 0 Å². The number of hydrogen-bond acceptors (Lipinski definition) is 0. The summed E-state index contributed by atoms with van der Waals surface area (Å²) in [4.78, 5) is 0. The Bertz CT molecular complexity index is 436. The van der Waals surface area contributed by atoms with Crippen molar-refractivity contribution in [1.29, 1.82) is 0 Å². The molecule has 2 aromatic carbocycles. The van der Waals surface area contributed by atoms with E-state index in [4.69, 9.17) is 0 Å². The normalized spacial score (nSPS) is 11.3. The summed E-state index contributed by atoms with van der Waals surface area (Å²) < 4.78 is -1.40. The van der Waals surface area contributed by atoms with Crippen LogP contribution in [0.4, 0.5) is 0 Å². The predicted octanol–water partition coefficient (Wildman–Crippen LogP) is 1.82. The summed E-state index contributed by atoms with van der Waals surface area (Å²) in [6.07, 6.45) is 0. The molecule has 3 heteroatoms. The Hall–Kier alpha value is -0.0910. The van der Waals surface area contributed by atoms with Gasteiger partial charge in [-0.2, -0.15) is 0 Å². The van der Waals surface area contributed by atoms with Gasteiger partial charge in [0.1, 0.15) is 0 Å². The summed E-state index contributed by atoms with van der Waals surface area (Å²) in [5.41, 5.74) is 0. The zero-order valence-electron chi connectivity index (χ0n) is 8.04. The summed E-state index contributed by atoms with van der Waals surface area (Å²) in [5, 5.41) is 2.72. The molecule has 0 amide bonds. The van der Waals surface area contributed by atoms with Gasteiger partial charge in [-0.1, -0.05) is 0 Å². The van der Waals surface area contributed by atoms with Crippen LogP contribution in [0.5, 0.6) is 0 Å². The van der Waals surface area contributed by atoms with Crippen molar-refractivity contribution in [3.8, 4) is 0 Å². The van der Waals surface area contributed by atoms with Gasteiger partial charge in [-0.3, -0.25) is 0 Å². The monoisotopic (exact) mass is 345 g/mol. The van der Waals surface area contributed by atoms with Crippen LogP contribution in [0, 0.1) is 0 Å². The first-order chi connectivity index (χ1) is 7.21. The number of benzene rings is 2. The van der Waals surface area contributed by atoms with Crippen LogP contribution in [0.3, 0.4) is 0 Å². The Kier molecular flexibility index (Phi) is 3.67. The second kappa shape index (κ2) is 4.83. The van der Waals surface area contributed by atoms with E-state index in [1.807, 2.05) is 0 Å². The molecule has 2 aromatic rings. The zero-order valence-corrected chi connectivity index (χ0v) is 12.4. The molecule has 0 aliphatic rings. The average molecular weight is 343 g/mol. The van der Waals surface area contributed by atoms with E-state index in [2.05, 4.69) is 91.3 Å². The van der Waals surface area contributed by atoms with Gasteiger partial charge in [0.15, 0.2) is 0 Å². The molecule has 0 radical (unpaired) electrons. The van der Waals surface area contributed by atoms with Crippen molar-refractivity contribution in [3.05, 3.63) is 60.7 Å². The van der Waals surface area contributed by atoms with E-state index in [0.717, 1.165) is 0 Å². The van der Waals surface area contributed by atoms with Gasteiger partial charge in [-0.15, -0.1) is 0 Å². The van der Waals surface area contributed by atoms with Crippen LogP contribution in [0.2, 0.25) is 0 Å². The Morgan fingerprint density at radius 1 is 0.733 bits per heavy atom. The molecule has 0 saturated heterocycles. The molecule has 0 aliphatic carbocycles. The van der Waals surface area contributed by atoms with Crippen LogP contribution in [0.15, 0.2) is 60.7 Å². The molecule has 0 heterocycles. The topological polar surface area (TPSA) is 0 Å². The van der Waals surface area contributed by atoms with E-state index in [1.54, 1.807) is 0 Å². The third kappa shape index (κ3) is 2.53. The van der Waals surface area contributed by atoms with Gasteiger partial charge in [0, 0.05) is 0 Å². The van der Waals surface area contributed by atoms with E-state index in [0.29, 0.717) is 0 Å². The van der Waals surface area contributed by atoms with Gasteiger partial charge in [-0.25, -0.2) is 0 Å². The third-order valence-electron chi connectivity index (χ3n) is 2.19. The van der Waals surface area contributed by atoms with Crippen molar-refractivity contribution < 1.29 is 0 Å². The number of hydrogen-bond donors (Lipinski definition) is 0. The van der Waals surface area contributed by atoms with Crippen LogP contribution in [0.25, 0.3) is 0 Å². The average Bonchev–Trinajstić information content (AvgIpc) is 2.31. The fraction of sp³-hybridized carbons (Fsp3) is 0. The molecule has 0 bridgehead atoms. The molecule has 0 fully saturated rings. The minimum atomic E-state index is -1.40. The molecule has 0 spiro atoms. The molecule has 0 aromatic heterocycles. The number of rotatable bonds is 2. The summed E-state index contributed by atoms with van der Waals surface area (Å²) in [6, 6.07) is 21.1. The Labute approximate surface area is 106 Å². The van der Waals surface area contributed by atoms with Crippen LogP contribution in [-0.4, -0.2) is 30.7 Å². The first-order valence-corrected chi connectivity index (χ1v) is 10.9. The Balaban J connectivity index is 2.50. The third-order valence-corrected chi connectivity index (χ3v) is 9.46. The van der Waals surface area contributed by atoms with Crippen LogP contribution < -0.4 is 10.6 Å². The van der Waals surface area contributed by atoms with Crippen LogP contribution in [-0.2, 0) is 0 Å². The first-order valence-electron chi connectivity index (χ1n) is 4.63. The molecule has 2 rings (SSSR count). The van der Waals surface area contributed by atoms with Crippen molar-refractivity contribution in [2.75, 3.05) is 0 Å². The molecule has 0 atom stereocenters. The second-order valence-electron chi connectivity index (χ2n) is 3.22. The minimum absolute atomic E-state index is 1.36. The zero-order chi connectivity index (χ0) is 10.7. The van der Waals surface area contributed by atoms with E-state index >= 15 is 0 Å². The maximum absolute atomic E-state index is 3.34. The Morgan fingerprint density at radius 3 is 1.40 bits per heavy atom. The van der Waals surface area contributed by atoms with Crippen LogP contribution >= 0.6 is 4.20 Å². The van der Waals surface area contributed by atoms with Gasteiger partial charge >= 0.3 is 106 Å². The molecule has 0 nitrogen and oxygen atoms in total. The van der Waals surface area contributed by atoms with E-state index in [1.165, 1.54) is 10.6 Å². The molecule has 0 aliphatic heterocycles. The standard InChI is InChI=1S/C12H11PSe2/c14-13(15,11-7-3-1-4-8-11)12-9-5-2-6-10-12/h1-10H,(H,14,15)/p-1. The summed E-state index contributed by atoms with van der Waals surface area (Å²) >= 11 is 6.68. The fourth-order valence-corrected chi connectivity index (χ4v) is 5.89. The summed E-state index contributed by atoms with van der Waals surface area (Å²) in [7, 11) is 0. The SMILES string of the molecule is [Se]=P([Se-])(c1ccccc1)c1ccccc1. The van der Waals surface area contributed by atoms with Crippen molar-refractivity contribution in [2.24, 2.45) is 0 Å². The van der Waals surface area contributed by atoms with E-state index < -0.39 is 4.20 Å². The van der Waals surface area contributed by atoms with Gasteiger partial charge in [0.05, 0.1) is 0 Å². The van der Waals surface area contributed by atoms with Gasteiger partial charge < -0.3 is 0 Å². The molecule has 15 heavy (non-hydrogen) atoms. The van der Waals surface area contributed by atoms with Crippen molar-refractivity contribution >= 4 is 45.5 Å². The van der Waals surface area contributed by atoms with Crippen molar-refractivity contribution in [3.63, 3.8) is 0 Å². The molecule has 76 valence electrons. The molecular weight excluding hydrogens is 333 g/mol. The molecule has 0 unspecified atom stereocenters.